The van der Waals surface area contributed by atoms with Gasteiger partial charge in [-0.3, -0.25) is 0 Å². The van der Waals surface area contributed by atoms with Gasteiger partial charge in [-0.15, -0.1) is 0 Å². The minimum atomic E-state index is 0.460. The molecule has 17 heavy (non-hydrogen) atoms. The molecule has 0 spiro atoms. The fraction of sp³-hybridized carbons (Fsp3) is 0.571. The second-order valence-electron chi connectivity index (χ2n) is 4.31. The summed E-state index contributed by atoms with van der Waals surface area (Å²) in [5, 5.41) is 3.64. The maximum Gasteiger partial charge on any atom is 0.0331 e. The van der Waals surface area contributed by atoms with Gasteiger partial charge in [0, 0.05) is 15.0 Å². The van der Waals surface area contributed by atoms with Crippen molar-refractivity contribution in [2.45, 2.75) is 45.6 Å². The van der Waals surface area contributed by atoms with Crippen LogP contribution in [0.1, 0.15) is 51.1 Å². The third-order valence-electron chi connectivity index (χ3n) is 2.82. The Morgan fingerprint density at radius 3 is 2.59 bits per heavy atom. The SMILES string of the molecule is CCCCC(NCCC)c1cc(Br)ccc1Br. The first-order chi connectivity index (χ1) is 8.19. The third-order valence-corrected chi connectivity index (χ3v) is 4.04. The molecule has 0 heterocycles. The molecule has 1 aromatic rings. The highest BCUT2D eigenvalue weighted by atomic mass is 79.9. The number of benzene rings is 1. The van der Waals surface area contributed by atoms with Crippen molar-refractivity contribution in [2.75, 3.05) is 6.54 Å². The lowest BCUT2D eigenvalue weighted by atomic mass is 10.0. The van der Waals surface area contributed by atoms with E-state index in [4.69, 9.17) is 0 Å². The Hall–Kier alpha value is 0.140. The van der Waals surface area contributed by atoms with E-state index in [9.17, 15) is 0 Å². The average molecular weight is 363 g/mol. The van der Waals surface area contributed by atoms with Crippen LogP contribution in [0.2, 0.25) is 0 Å². The van der Waals surface area contributed by atoms with Crippen molar-refractivity contribution in [3.8, 4) is 0 Å². The smallest absolute Gasteiger partial charge is 0.0331 e. The zero-order valence-corrected chi connectivity index (χ0v) is 13.8. The summed E-state index contributed by atoms with van der Waals surface area (Å²) in [6.07, 6.45) is 4.88. The lowest BCUT2D eigenvalue weighted by molar-refractivity contribution is 0.480. The van der Waals surface area contributed by atoms with Gasteiger partial charge in [0.2, 0.25) is 0 Å². The van der Waals surface area contributed by atoms with Gasteiger partial charge >= 0.3 is 0 Å². The van der Waals surface area contributed by atoms with E-state index in [0.717, 1.165) is 11.0 Å². The third kappa shape index (κ3) is 5.11. The van der Waals surface area contributed by atoms with Gasteiger partial charge in [0.25, 0.3) is 0 Å². The maximum atomic E-state index is 3.65. The van der Waals surface area contributed by atoms with Crippen LogP contribution in [0, 0.1) is 0 Å². The number of hydrogen-bond acceptors (Lipinski definition) is 1. The Morgan fingerprint density at radius 2 is 1.94 bits per heavy atom. The Morgan fingerprint density at radius 1 is 1.18 bits per heavy atom. The van der Waals surface area contributed by atoms with Crippen molar-refractivity contribution in [1.82, 2.24) is 5.32 Å². The van der Waals surface area contributed by atoms with Gasteiger partial charge in [0.15, 0.2) is 0 Å². The first-order valence-corrected chi connectivity index (χ1v) is 7.96. The van der Waals surface area contributed by atoms with Crippen molar-refractivity contribution in [3.05, 3.63) is 32.7 Å². The molecule has 0 aliphatic heterocycles. The second-order valence-corrected chi connectivity index (χ2v) is 6.08. The molecule has 1 rings (SSSR count). The minimum absolute atomic E-state index is 0.460. The summed E-state index contributed by atoms with van der Waals surface area (Å²) in [4.78, 5) is 0. The molecule has 1 aromatic carbocycles. The first-order valence-electron chi connectivity index (χ1n) is 6.37. The van der Waals surface area contributed by atoms with Crippen LogP contribution < -0.4 is 5.32 Å². The highest BCUT2D eigenvalue weighted by molar-refractivity contribution is 9.11. The summed E-state index contributed by atoms with van der Waals surface area (Å²) >= 11 is 7.21. The number of nitrogens with one attached hydrogen (secondary N) is 1. The fourth-order valence-corrected chi connectivity index (χ4v) is 2.78. The Labute approximate surface area is 122 Å². The lowest BCUT2D eigenvalue weighted by Gasteiger charge is -2.20. The molecular formula is C14H21Br2N. The summed E-state index contributed by atoms with van der Waals surface area (Å²) < 4.78 is 2.35. The predicted octanol–water partition coefficient (Wildman–Crippen LogP) is 5.44. The molecule has 96 valence electrons. The minimum Gasteiger partial charge on any atom is -0.310 e. The fourth-order valence-electron chi connectivity index (χ4n) is 1.88. The zero-order chi connectivity index (χ0) is 12.7. The van der Waals surface area contributed by atoms with Crippen LogP contribution in [0.3, 0.4) is 0 Å². The van der Waals surface area contributed by atoms with E-state index >= 15 is 0 Å². The molecule has 0 radical (unpaired) electrons. The molecule has 0 saturated heterocycles. The average Bonchev–Trinajstić information content (AvgIpc) is 2.33. The van der Waals surface area contributed by atoms with Crippen LogP contribution in [-0.2, 0) is 0 Å². The van der Waals surface area contributed by atoms with Gasteiger partial charge in [-0.05, 0) is 43.1 Å². The lowest BCUT2D eigenvalue weighted by Crippen LogP contribution is -2.22. The summed E-state index contributed by atoms with van der Waals surface area (Å²) in [6, 6.07) is 6.87. The van der Waals surface area contributed by atoms with E-state index in [0.29, 0.717) is 6.04 Å². The van der Waals surface area contributed by atoms with Crippen molar-refractivity contribution in [1.29, 1.82) is 0 Å². The highest BCUT2D eigenvalue weighted by Crippen LogP contribution is 2.29. The molecular weight excluding hydrogens is 342 g/mol. The van der Waals surface area contributed by atoms with E-state index < -0.39 is 0 Å². The quantitative estimate of drug-likeness (QED) is 0.680. The van der Waals surface area contributed by atoms with Crippen LogP contribution in [0.25, 0.3) is 0 Å². The van der Waals surface area contributed by atoms with E-state index in [-0.39, 0.29) is 0 Å². The highest BCUT2D eigenvalue weighted by Gasteiger charge is 2.13. The number of unbranched alkanes of at least 4 members (excludes halogenated alkanes) is 1. The van der Waals surface area contributed by atoms with Crippen LogP contribution in [-0.4, -0.2) is 6.54 Å². The van der Waals surface area contributed by atoms with Gasteiger partial charge in [-0.25, -0.2) is 0 Å². The van der Waals surface area contributed by atoms with Crippen molar-refractivity contribution < 1.29 is 0 Å². The molecule has 1 nitrogen and oxygen atoms in total. The summed E-state index contributed by atoms with van der Waals surface area (Å²) in [5.41, 5.74) is 1.36. The van der Waals surface area contributed by atoms with Crippen LogP contribution in [0.15, 0.2) is 27.1 Å². The molecule has 0 aliphatic carbocycles. The normalized spacial score (nSPS) is 12.7. The van der Waals surface area contributed by atoms with E-state index in [1.54, 1.807) is 0 Å². The van der Waals surface area contributed by atoms with Crippen molar-refractivity contribution >= 4 is 31.9 Å². The predicted molar refractivity (Wildman–Crippen MR) is 82.4 cm³/mol. The molecule has 1 atom stereocenters. The Balaban J connectivity index is 2.82. The van der Waals surface area contributed by atoms with E-state index in [1.165, 1.54) is 35.7 Å². The van der Waals surface area contributed by atoms with E-state index in [2.05, 4.69) is 69.2 Å². The molecule has 0 fully saturated rings. The van der Waals surface area contributed by atoms with Crippen LogP contribution in [0.5, 0.6) is 0 Å². The van der Waals surface area contributed by atoms with Crippen LogP contribution >= 0.6 is 31.9 Å². The molecule has 1 unspecified atom stereocenters. The molecule has 0 aromatic heterocycles. The topological polar surface area (TPSA) is 12.0 Å². The number of halogens is 2. The molecule has 0 aliphatic rings. The van der Waals surface area contributed by atoms with E-state index in [1.807, 2.05) is 0 Å². The standard InChI is InChI=1S/C14H21Br2N/c1-3-5-6-14(17-9-4-2)12-10-11(15)7-8-13(12)16/h7-8,10,14,17H,3-6,9H2,1-2H3. The van der Waals surface area contributed by atoms with Crippen LogP contribution in [0.4, 0.5) is 0 Å². The summed E-state index contributed by atoms with van der Waals surface area (Å²) in [5.74, 6) is 0. The first kappa shape index (κ1) is 15.2. The molecule has 1 N–H and O–H groups in total. The Bertz CT molecular complexity index is 331. The van der Waals surface area contributed by atoms with Gasteiger partial charge < -0.3 is 5.32 Å². The summed E-state index contributed by atoms with van der Waals surface area (Å²) in [7, 11) is 0. The molecule has 0 saturated carbocycles. The van der Waals surface area contributed by atoms with Gasteiger partial charge in [0.05, 0.1) is 0 Å². The second kappa shape index (κ2) is 8.28. The van der Waals surface area contributed by atoms with Gasteiger partial charge in [0.1, 0.15) is 0 Å². The molecule has 0 bridgehead atoms. The van der Waals surface area contributed by atoms with Gasteiger partial charge in [-0.1, -0.05) is 58.5 Å². The molecule has 3 heteroatoms. The van der Waals surface area contributed by atoms with Crippen molar-refractivity contribution in [2.24, 2.45) is 0 Å². The zero-order valence-electron chi connectivity index (χ0n) is 10.6. The van der Waals surface area contributed by atoms with Gasteiger partial charge in [-0.2, -0.15) is 0 Å². The number of hydrogen-bond donors (Lipinski definition) is 1. The molecule has 0 amide bonds. The largest absolute Gasteiger partial charge is 0.310 e. The monoisotopic (exact) mass is 361 g/mol. The summed E-state index contributed by atoms with van der Waals surface area (Å²) in [6.45, 7) is 5.53. The Kier molecular flexibility index (Phi) is 7.40. The number of rotatable bonds is 7. The van der Waals surface area contributed by atoms with Crippen molar-refractivity contribution in [3.63, 3.8) is 0 Å². The maximum absolute atomic E-state index is 3.65.